The first-order valence-corrected chi connectivity index (χ1v) is 8.00. The van der Waals surface area contributed by atoms with Crippen LogP contribution >= 0.6 is 0 Å². The largest absolute Gasteiger partial charge is 0.370 e. The number of ether oxygens (including phenoxy) is 1. The van der Waals surface area contributed by atoms with E-state index in [1.54, 1.807) is 0 Å². The molecule has 1 aromatic carbocycles. The monoisotopic (exact) mass is 286 g/mol. The summed E-state index contributed by atoms with van der Waals surface area (Å²) in [7, 11) is 0. The molecule has 0 aromatic heterocycles. The first-order valence-electron chi connectivity index (χ1n) is 8.00. The summed E-state index contributed by atoms with van der Waals surface area (Å²) in [5.74, 6) is 0.740. The Morgan fingerprint density at radius 1 is 1.24 bits per heavy atom. The Morgan fingerprint density at radius 3 is 2.52 bits per heavy atom. The molecule has 4 heteroatoms. The zero-order valence-corrected chi connectivity index (χ0v) is 12.2. The predicted molar refractivity (Wildman–Crippen MR) is 80.5 cm³/mol. The van der Waals surface area contributed by atoms with Crippen LogP contribution in [0.3, 0.4) is 0 Å². The molecule has 21 heavy (non-hydrogen) atoms. The maximum atomic E-state index is 12.3. The fraction of sp³-hybridized carbons (Fsp3) is 0.588. The van der Waals surface area contributed by atoms with Crippen LogP contribution in [0.4, 0.5) is 0 Å². The Kier molecular flexibility index (Phi) is 3.23. The second kappa shape index (κ2) is 5.11. The van der Waals surface area contributed by atoms with Crippen LogP contribution in [0, 0.1) is 0 Å². The molecular formula is C17H22N2O2. The average Bonchev–Trinajstić information content (AvgIpc) is 2.82. The number of nitrogens with one attached hydrogen (secondary N) is 2. The highest BCUT2D eigenvalue weighted by molar-refractivity contribution is 5.94. The third-order valence-electron chi connectivity index (χ3n) is 5.19. The van der Waals surface area contributed by atoms with E-state index in [0.717, 1.165) is 31.0 Å². The van der Waals surface area contributed by atoms with Crippen LogP contribution in [0.1, 0.15) is 47.5 Å². The predicted octanol–water partition coefficient (Wildman–Crippen LogP) is 1.81. The summed E-state index contributed by atoms with van der Waals surface area (Å²) in [6, 6.07) is 8.28. The highest BCUT2D eigenvalue weighted by Crippen LogP contribution is 2.36. The molecule has 0 bridgehead atoms. The van der Waals surface area contributed by atoms with Crippen LogP contribution in [0.2, 0.25) is 0 Å². The van der Waals surface area contributed by atoms with Crippen molar-refractivity contribution in [2.45, 2.75) is 43.2 Å². The Morgan fingerprint density at radius 2 is 2.00 bits per heavy atom. The van der Waals surface area contributed by atoms with E-state index in [-0.39, 0.29) is 17.6 Å². The molecule has 1 unspecified atom stereocenters. The Labute approximate surface area is 125 Å². The van der Waals surface area contributed by atoms with Crippen molar-refractivity contribution in [3.8, 4) is 0 Å². The summed E-state index contributed by atoms with van der Waals surface area (Å²) < 4.78 is 5.82. The lowest BCUT2D eigenvalue weighted by Crippen LogP contribution is -2.59. The number of carbonyl (C=O) groups is 1. The number of benzene rings is 1. The van der Waals surface area contributed by atoms with Crippen LogP contribution in [-0.4, -0.2) is 37.2 Å². The fourth-order valence-corrected chi connectivity index (χ4v) is 3.50. The molecule has 2 aliphatic heterocycles. The molecule has 3 aliphatic rings. The number of amides is 1. The van der Waals surface area contributed by atoms with E-state index >= 15 is 0 Å². The van der Waals surface area contributed by atoms with Crippen LogP contribution in [0.25, 0.3) is 0 Å². The average molecular weight is 286 g/mol. The summed E-state index contributed by atoms with van der Waals surface area (Å²) in [4.78, 5) is 12.3. The second-order valence-electron chi connectivity index (χ2n) is 6.72. The van der Waals surface area contributed by atoms with E-state index in [0.29, 0.717) is 6.61 Å². The van der Waals surface area contributed by atoms with Gasteiger partial charge in [0.1, 0.15) is 0 Å². The number of hydrogen-bond donors (Lipinski definition) is 2. The van der Waals surface area contributed by atoms with Crippen molar-refractivity contribution in [1.82, 2.24) is 10.6 Å². The van der Waals surface area contributed by atoms with Gasteiger partial charge in [0.2, 0.25) is 0 Å². The quantitative estimate of drug-likeness (QED) is 0.891. The van der Waals surface area contributed by atoms with Crippen LogP contribution in [0.15, 0.2) is 24.3 Å². The SMILES string of the molecule is O=C(NC1COC2(CNC2)C1)c1ccc(C2CCC2)cc1. The number of carbonyl (C=O) groups excluding carboxylic acids is 1. The Bertz CT molecular complexity index is 532. The third-order valence-corrected chi connectivity index (χ3v) is 5.19. The van der Waals surface area contributed by atoms with Crippen molar-refractivity contribution in [3.63, 3.8) is 0 Å². The lowest BCUT2D eigenvalue weighted by Gasteiger charge is -2.38. The van der Waals surface area contributed by atoms with Gasteiger partial charge >= 0.3 is 0 Å². The summed E-state index contributed by atoms with van der Waals surface area (Å²) in [6.45, 7) is 2.46. The maximum absolute atomic E-state index is 12.3. The molecule has 2 N–H and O–H groups in total. The van der Waals surface area contributed by atoms with Gasteiger partial charge in [-0.15, -0.1) is 0 Å². The second-order valence-corrected chi connectivity index (χ2v) is 6.72. The molecule has 2 heterocycles. The van der Waals surface area contributed by atoms with Crippen molar-refractivity contribution >= 4 is 5.91 Å². The van der Waals surface area contributed by atoms with Gasteiger partial charge in [-0.2, -0.15) is 0 Å². The molecule has 2 saturated heterocycles. The summed E-state index contributed by atoms with van der Waals surface area (Å²) in [5.41, 5.74) is 2.12. The lowest BCUT2D eigenvalue weighted by atomic mass is 9.80. The number of hydrogen-bond acceptors (Lipinski definition) is 3. The fourth-order valence-electron chi connectivity index (χ4n) is 3.50. The number of rotatable bonds is 3. The molecule has 1 spiro atoms. The first kappa shape index (κ1) is 13.3. The minimum absolute atomic E-state index is 0.00791. The van der Waals surface area contributed by atoms with E-state index in [1.807, 2.05) is 12.1 Å². The molecule has 4 nitrogen and oxygen atoms in total. The normalized spacial score (nSPS) is 27.1. The standard InChI is InChI=1S/C17H22N2O2/c20-16(19-15-8-17(21-9-15)10-18-11-17)14-6-4-13(5-7-14)12-2-1-3-12/h4-7,12,15,18H,1-3,8-11H2,(H,19,20). The van der Waals surface area contributed by atoms with Gasteiger partial charge in [-0.25, -0.2) is 0 Å². The van der Waals surface area contributed by atoms with E-state index in [4.69, 9.17) is 4.74 Å². The molecule has 1 atom stereocenters. The van der Waals surface area contributed by atoms with Gasteiger partial charge in [0, 0.05) is 25.1 Å². The van der Waals surface area contributed by atoms with Crippen LogP contribution in [0.5, 0.6) is 0 Å². The smallest absolute Gasteiger partial charge is 0.251 e. The minimum Gasteiger partial charge on any atom is -0.370 e. The summed E-state index contributed by atoms with van der Waals surface area (Å²) >= 11 is 0. The maximum Gasteiger partial charge on any atom is 0.251 e. The first-order chi connectivity index (χ1) is 10.2. The summed E-state index contributed by atoms with van der Waals surface area (Å²) in [6.07, 6.45) is 4.85. The molecular weight excluding hydrogens is 264 g/mol. The summed E-state index contributed by atoms with van der Waals surface area (Å²) in [5, 5.41) is 6.34. The highest BCUT2D eigenvalue weighted by atomic mass is 16.5. The van der Waals surface area contributed by atoms with Gasteiger partial charge in [-0.05, 0) is 36.5 Å². The molecule has 4 rings (SSSR count). The third kappa shape index (κ3) is 2.47. The highest BCUT2D eigenvalue weighted by Gasteiger charge is 2.45. The topological polar surface area (TPSA) is 50.4 Å². The Balaban J connectivity index is 1.36. The van der Waals surface area contributed by atoms with E-state index in [1.165, 1.54) is 24.8 Å². The van der Waals surface area contributed by atoms with Crippen molar-refractivity contribution in [2.24, 2.45) is 0 Å². The lowest BCUT2D eigenvalue weighted by molar-refractivity contribution is -0.0360. The van der Waals surface area contributed by atoms with E-state index in [2.05, 4.69) is 22.8 Å². The molecule has 1 saturated carbocycles. The van der Waals surface area contributed by atoms with E-state index < -0.39 is 0 Å². The van der Waals surface area contributed by atoms with Gasteiger partial charge in [0.15, 0.2) is 0 Å². The zero-order valence-electron chi connectivity index (χ0n) is 12.2. The van der Waals surface area contributed by atoms with Gasteiger partial charge < -0.3 is 15.4 Å². The van der Waals surface area contributed by atoms with Gasteiger partial charge in [-0.3, -0.25) is 4.79 Å². The van der Waals surface area contributed by atoms with Crippen molar-refractivity contribution < 1.29 is 9.53 Å². The van der Waals surface area contributed by atoms with Crippen LogP contribution < -0.4 is 10.6 Å². The molecule has 1 aliphatic carbocycles. The van der Waals surface area contributed by atoms with E-state index in [9.17, 15) is 4.79 Å². The van der Waals surface area contributed by atoms with Gasteiger partial charge in [0.05, 0.1) is 18.2 Å². The minimum atomic E-state index is -0.00791. The molecule has 112 valence electrons. The Hall–Kier alpha value is -1.39. The molecule has 3 fully saturated rings. The van der Waals surface area contributed by atoms with Crippen molar-refractivity contribution in [1.29, 1.82) is 0 Å². The van der Waals surface area contributed by atoms with Crippen LogP contribution in [-0.2, 0) is 4.74 Å². The van der Waals surface area contributed by atoms with Gasteiger partial charge in [-0.1, -0.05) is 18.6 Å². The molecule has 0 radical (unpaired) electrons. The van der Waals surface area contributed by atoms with Crippen molar-refractivity contribution in [2.75, 3.05) is 19.7 Å². The van der Waals surface area contributed by atoms with Crippen molar-refractivity contribution in [3.05, 3.63) is 35.4 Å². The van der Waals surface area contributed by atoms with Gasteiger partial charge in [0.25, 0.3) is 5.91 Å². The zero-order chi connectivity index (χ0) is 14.3. The molecule has 1 amide bonds. The molecule has 1 aromatic rings.